The summed E-state index contributed by atoms with van der Waals surface area (Å²) in [5.41, 5.74) is -0.285. The van der Waals surface area contributed by atoms with Gasteiger partial charge in [-0.3, -0.25) is 4.79 Å². The predicted molar refractivity (Wildman–Crippen MR) is 55.3 cm³/mol. The van der Waals surface area contributed by atoms with Gasteiger partial charge in [0.05, 0.1) is 0 Å². The monoisotopic (exact) mass is 214 g/mol. The summed E-state index contributed by atoms with van der Waals surface area (Å²) in [7, 11) is 0. The number of nitrogens with one attached hydrogen (secondary N) is 1. The van der Waals surface area contributed by atoms with Crippen LogP contribution in [0.2, 0.25) is 0 Å². The van der Waals surface area contributed by atoms with Gasteiger partial charge in [0.25, 0.3) is 5.91 Å². The van der Waals surface area contributed by atoms with Crippen LogP contribution in [0.1, 0.15) is 23.6 Å². The number of rotatable bonds is 4. The Morgan fingerprint density at radius 3 is 2.93 bits per heavy atom. The molecule has 0 aliphatic carbocycles. The van der Waals surface area contributed by atoms with Gasteiger partial charge in [-0.15, -0.1) is 11.3 Å². The van der Waals surface area contributed by atoms with Crippen LogP contribution in [0.15, 0.2) is 11.6 Å². The van der Waals surface area contributed by atoms with Crippen molar-refractivity contribution >= 4 is 17.2 Å². The summed E-state index contributed by atoms with van der Waals surface area (Å²) in [4.78, 5) is 15.3. The Hall–Kier alpha value is -0.940. The van der Waals surface area contributed by atoms with E-state index < -0.39 is 0 Å². The first kappa shape index (κ1) is 11.1. The summed E-state index contributed by atoms with van der Waals surface area (Å²) in [6.45, 7) is 4.26. The second kappa shape index (κ2) is 4.52. The Balaban J connectivity index is 2.43. The highest BCUT2D eigenvalue weighted by Gasteiger charge is 2.18. The number of aliphatic hydroxyl groups is 1. The molecule has 0 fully saturated rings. The number of nitrogens with zero attached hydrogens (tertiary/aromatic N) is 1. The molecule has 0 aromatic carbocycles. The molecule has 4 nitrogen and oxygen atoms in total. The molecule has 1 aromatic heterocycles. The number of hydrogen-bond acceptors (Lipinski definition) is 4. The van der Waals surface area contributed by atoms with Crippen LogP contribution >= 0.6 is 11.3 Å². The maximum absolute atomic E-state index is 11.4. The van der Waals surface area contributed by atoms with Gasteiger partial charge in [-0.05, 0) is 0 Å². The minimum Gasteiger partial charge on any atom is -0.396 e. The van der Waals surface area contributed by atoms with E-state index in [1.54, 1.807) is 11.6 Å². The van der Waals surface area contributed by atoms with Gasteiger partial charge < -0.3 is 10.4 Å². The van der Waals surface area contributed by atoms with Crippen LogP contribution in [0.3, 0.4) is 0 Å². The van der Waals surface area contributed by atoms with E-state index in [0.29, 0.717) is 11.6 Å². The summed E-state index contributed by atoms with van der Waals surface area (Å²) in [6.07, 6.45) is 1.59. The molecule has 0 bridgehead atoms. The van der Waals surface area contributed by atoms with E-state index in [1.807, 2.05) is 13.8 Å². The van der Waals surface area contributed by atoms with Gasteiger partial charge in [0.1, 0.15) is 0 Å². The van der Waals surface area contributed by atoms with Crippen molar-refractivity contribution in [3.63, 3.8) is 0 Å². The third-order valence-corrected chi connectivity index (χ3v) is 2.55. The summed E-state index contributed by atoms with van der Waals surface area (Å²) in [5.74, 6) is -0.179. The van der Waals surface area contributed by atoms with Crippen LogP contribution in [0.4, 0.5) is 0 Å². The molecular weight excluding hydrogens is 200 g/mol. The zero-order valence-electron chi connectivity index (χ0n) is 8.28. The molecule has 0 radical (unpaired) electrons. The van der Waals surface area contributed by atoms with Gasteiger partial charge in [-0.2, -0.15) is 0 Å². The molecule has 0 saturated carbocycles. The third-order valence-electron chi connectivity index (χ3n) is 1.78. The van der Waals surface area contributed by atoms with Gasteiger partial charge in [0.2, 0.25) is 0 Å². The Morgan fingerprint density at radius 1 is 1.71 bits per heavy atom. The van der Waals surface area contributed by atoms with Gasteiger partial charge in [-0.25, -0.2) is 4.98 Å². The molecule has 0 spiro atoms. The van der Waals surface area contributed by atoms with Crippen molar-refractivity contribution in [2.24, 2.45) is 5.41 Å². The molecule has 0 aliphatic heterocycles. The topological polar surface area (TPSA) is 62.2 Å². The van der Waals surface area contributed by atoms with Crippen molar-refractivity contribution in [1.82, 2.24) is 10.3 Å². The second-order valence-electron chi connectivity index (χ2n) is 3.84. The van der Waals surface area contributed by atoms with Gasteiger partial charge in [-0.1, -0.05) is 13.8 Å². The number of aliphatic hydroxyl groups excluding tert-OH is 1. The van der Waals surface area contributed by atoms with Gasteiger partial charge >= 0.3 is 0 Å². The highest BCUT2D eigenvalue weighted by atomic mass is 32.1. The number of amides is 1. The number of hydrogen-bond donors (Lipinski definition) is 2. The molecule has 0 aliphatic rings. The van der Waals surface area contributed by atoms with Crippen LogP contribution in [0.25, 0.3) is 0 Å². The zero-order chi connectivity index (χ0) is 10.6. The lowest BCUT2D eigenvalue weighted by Crippen LogP contribution is -2.35. The summed E-state index contributed by atoms with van der Waals surface area (Å²) >= 11 is 1.30. The lowest BCUT2D eigenvalue weighted by molar-refractivity contribution is 0.0910. The Bertz CT molecular complexity index is 296. The smallest absolute Gasteiger partial charge is 0.280 e. The third kappa shape index (κ3) is 3.08. The highest BCUT2D eigenvalue weighted by Crippen LogP contribution is 2.12. The molecule has 1 aromatic rings. The van der Waals surface area contributed by atoms with Crippen molar-refractivity contribution < 1.29 is 9.90 Å². The number of carbonyl (C=O) groups excluding carboxylic acids is 1. The molecule has 1 rings (SSSR count). The standard InChI is InChI=1S/C9H14N2O2S/c1-9(2,6-12)5-11-7(13)8-10-3-4-14-8/h3-4,12H,5-6H2,1-2H3,(H,11,13). The molecule has 14 heavy (non-hydrogen) atoms. The van der Waals surface area contributed by atoms with Crippen molar-refractivity contribution in [3.8, 4) is 0 Å². The average molecular weight is 214 g/mol. The molecule has 0 unspecified atom stereocenters. The van der Waals surface area contributed by atoms with E-state index in [1.165, 1.54) is 11.3 Å². The van der Waals surface area contributed by atoms with E-state index in [0.717, 1.165) is 0 Å². The predicted octanol–water partition coefficient (Wildman–Crippen LogP) is 0.891. The lowest BCUT2D eigenvalue weighted by atomic mass is 9.95. The van der Waals surface area contributed by atoms with E-state index in [-0.39, 0.29) is 17.9 Å². The van der Waals surface area contributed by atoms with Crippen LogP contribution in [-0.4, -0.2) is 29.1 Å². The first-order chi connectivity index (χ1) is 6.55. The van der Waals surface area contributed by atoms with E-state index in [9.17, 15) is 4.79 Å². The first-order valence-corrected chi connectivity index (χ1v) is 5.22. The first-order valence-electron chi connectivity index (χ1n) is 4.34. The lowest BCUT2D eigenvalue weighted by Gasteiger charge is -2.21. The molecule has 5 heteroatoms. The largest absolute Gasteiger partial charge is 0.396 e. The van der Waals surface area contributed by atoms with E-state index >= 15 is 0 Å². The van der Waals surface area contributed by atoms with E-state index in [2.05, 4.69) is 10.3 Å². The number of aromatic nitrogens is 1. The highest BCUT2D eigenvalue weighted by molar-refractivity contribution is 7.11. The normalized spacial score (nSPS) is 11.4. The minimum absolute atomic E-state index is 0.0468. The van der Waals surface area contributed by atoms with Gasteiger partial charge in [0.15, 0.2) is 5.01 Å². The minimum atomic E-state index is -0.285. The molecule has 0 saturated heterocycles. The molecule has 2 N–H and O–H groups in total. The van der Waals surface area contributed by atoms with Crippen molar-refractivity contribution in [3.05, 3.63) is 16.6 Å². The molecular formula is C9H14N2O2S. The van der Waals surface area contributed by atoms with Crippen LogP contribution in [-0.2, 0) is 0 Å². The van der Waals surface area contributed by atoms with E-state index in [4.69, 9.17) is 5.11 Å². The van der Waals surface area contributed by atoms with Crippen molar-refractivity contribution in [1.29, 1.82) is 0 Å². The fourth-order valence-corrected chi connectivity index (χ4v) is 1.34. The Morgan fingerprint density at radius 2 is 2.43 bits per heavy atom. The van der Waals surface area contributed by atoms with Crippen LogP contribution in [0.5, 0.6) is 0 Å². The maximum atomic E-state index is 11.4. The van der Waals surface area contributed by atoms with Crippen molar-refractivity contribution in [2.45, 2.75) is 13.8 Å². The number of thiazole rings is 1. The molecule has 1 heterocycles. The molecule has 0 atom stereocenters. The van der Waals surface area contributed by atoms with Gasteiger partial charge in [0, 0.05) is 30.1 Å². The molecule has 1 amide bonds. The number of carbonyl (C=O) groups is 1. The Labute approximate surface area is 87.0 Å². The molecule has 78 valence electrons. The fourth-order valence-electron chi connectivity index (χ4n) is 0.787. The Kier molecular flexibility index (Phi) is 3.60. The average Bonchev–Trinajstić information content (AvgIpc) is 2.67. The summed E-state index contributed by atoms with van der Waals surface area (Å²) in [6, 6.07) is 0. The maximum Gasteiger partial charge on any atom is 0.280 e. The summed E-state index contributed by atoms with van der Waals surface area (Å²) < 4.78 is 0. The van der Waals surface area contributed by atoms with Crippen molar-refractivity contribution in [2.75, 3.05) is 13.2 Å². The zero-order valence-corrected chi connectivity index (χ0v) is 9.10. The SMILES string of the molecule is CC(C)(CO)CNC(=O)c1nccs1. The second-order valence-corrected chi connectivity index (χ2v) is 4.74. The summed E-state index contributed by atoms with van der Waals surface area (Å²) in [5, 5.41) is 13.9. The van der Waals surface area contributed by atoms with Crippen LogP contribution in [0, 0.1) is 5.41 Å². The fraction of sp³-hybridized carbons (Fsp3) is 0.556. The quantitative estimate of drug-likeness (QED) is 0.782. The van der Waals surface area contributed by atoms with Crippen LogP contribution < -0.4 is 5.32 Å².